The van der Waals surface area contributed by atoms with E-state index in [2.05, 4.69) is 32.7 Å². The molecule has 2 aromatic rings. The third kappa shape index (κ3) is 3.57. The highest BCUT2D eigenvalue weighted by Crippen LogP contribution is 2.40. The number of rotatable bonds is 7. The van der Waals surface area contributed by atoms with Gasteiger partial charge in [-0.2, -0.15) is 0 Å². The van der Waals surface area contributed by atoms with Crippen LogP contribution in [-0.2, 0) is 5.66 Å². The first-order chi connectivity index (χ1) is 13.0. The third-order valence-corrected chi connectivity index (χ3v) is 4.94. The van der Waals surface area contributed by atoms with Gasteiger partial charge in [-0.15, -0.1) is 6.58 Å². The van der Waals surface area contributed by atoms with Crippen LogP contribution in [0.25, 0.3) is 0 Å². The van der Waals surface area contributed by atoms with Gasteiger partial charge in [0.1, 0.15) is 11.4 Å². The highest BCUT2D eigenvalue weighted by Gasteiger charge is 2.44. The van der Waals surface area contributed by atoms with Gasteiger partial charge in [0.2, 0.25) is 0 Å². The molecule has 1 heterocycles. The van der Waals surface area contributed by atoms with Crippen LogP contribution in [0.4, 0.5) is 5.69 Å². The van der Waals surface area contributed by atoms with Crippen molar-refractivity contribution in [1.29, 1.82) is 0 Å². The van der Waals surface area contributed by atoms with Crippen molar-refractivity contribution in [2.24, 2.45) is 5.92 Å². The second kappa shape index (κ2) is 7.87. The number of para-hydroxylation sites is 1. The van der Waals surface area contributed by atoms with Crippen molar-refractivity contribution in [3.63, 3.8) is 0 Å². The van der Waals surface area contributed by atoms with E-state index in [0.717, 1.165) is 23.4 Å². The Morgan fingerprint density at radius 1 is 1.19 bits per heavy atom. The van der Waals surface area contributed by atoms with Crippen LogP contribution in [0.1, 0.15) is 43.1 Å². The van der Waals surface area contributed by atoms with E-state index in [0.29, 0.717) is 24.6 Å². The lowest BCUT2D eigenvalue weighted by molar-refractivity contribution is 0.0524. The van der Waals surface area contributed by atoms with Crippen LogP contribution in [0.5, 0.6) is 5.75 Å². The molecule has 142 valence electrons. The summed E-state index contributed by atoms with van der Waals surface area (Å²) in [6.07, 6.45) is 2.51. The van der Waals surface area contributed by atoms with Gasteiger partial charge in [0.25, 0.3) is 5.91 Å². The quantitative estimate of drug-likeness (QED) is 0.700. The number of benzene rings is 2. The Kier molecular flexibility index (Phi) is 5.54. The van der Waals surface area contributed by atoms with Crippen LogP contribution in [-0.4, -0.2) is 24.0 Å². The lowest BCUT2D eigenvalue weighted by atomic mass is 9.89. The number of hydrogen-bond donors (Lipinski definition) is 1. The van der Waals surface area contributed by atoms with Gasteiger partial charge in [0.15, 0.2) is 0 Å². The van der Waals surface area contributed by atoms with Gasteiger partial charge in [-0.05, 0) is 42.2 Å². The fourth-order valence-corrected chi connectivity index (χ4v) is 3.56. The molecule has 4 nitrogen and oxygen atoms in total. The number of anilines is 1. The normalized spacial score (nSPS) is 18.8. The summed E-state index contributed by atoms with van der Waals surface area (Å²) in [6.45, 7) is 11.4. The van der Waals surface area contributed by atoms with Crippen molar-refractivity contribution in [3.05, 3.63) is 72.3 Å². The summed E-state index contributed by atoms with van der Waals surface area (Å²) in [5.74, 6) is 1.34. The van der Waals surface area contributed by atoms with E-state index in [9.17, 15) is 4.79 Å². The Balaban J connectivity index is 2.01. The number of fused-ring (bicyclic) bond motifs is 1. The zero-order valence-corrected chi connectivity index (χ0v) is 16.4. The standard InChI is InChI=1S/C23H28N2O2/c1-5-15-25-22(26)20-9-7-8-10-21(20)24-23(25,6-2)18-11-13-19(14-12-18)27-16-17(3)4/h5,7-14,17,24H,1,6,15-16H2,2-4H3. The van der Waals surface area contributed by atoms with Crippen LogP contribution in [0, 0.1) is 5.92 Å². The van der Waals surface area contributed by atoms with Gasteiger partial charge < -0.3 is 15.0 Å². The highest BCUT2D eigenvalue weighted by molar-refractivity contribution is 6.02. The predicted molar refractivity (Wildman–Crippen MR) is 110 cm³/mol. The lowest BCUT2D eigenvalue weighted by Crippen LogP contribution is -2.57. The highest BCUT2D eigenvalue weighted by atomic mass is 16.5. The molecule has 0 bridgehead atoms. The van der Waals surface area contributed by atoms with E-state index in [-0.39, 0.29) is 5.91 Å². The Hall–Kier alpha value is -2.75. The maximum absolute atomic E-state index is 13.2. The van der Waals surface area contributed by atoms with Crippen molar-refractivity contribution >= 4 is 11.6 Å². The molecule has 4 heteroatoms. The Labute approximate surface area is 161 Å². The first kappa shape index (κ1) is 19.0. The molecule has 1 amide bonds. The van der Waals surface area contributed by atoms with Gasteiger partial charge in [-0.25, -0.2) is 0 Å². The van der Waals surface area contributed by atoms with E-state index in [4.69, 9.17) is 4.74 Å². The first-order valence-electron chi connectivity index (χ1n) is 9.55. The molecule has 0 spiro atoms. The van der Waals surface area contributed by atoms with Crippen molar-refractivity contribution in [1.82, 2.24) is 4.90 Å². The molecule has 27 heavy (non-hydrogen) atoms. The van der Waals surface area contributed by atoms with Crippen LogP contribution in [0.2, 0.25) is 0 Å². The molecule has 2 aromatic carbocycles. The number of ether oxygens (including phenoxy) is 1. The Morgan fingerprint density at radius 2 is 1.89 bits per heavy atom. The molecule has 1 aliphatic heterocycles. The van der Waals surface area contributed by atoms with Gasteiger partial charge in [0, 0.05) is 12.2 Å². The first-order valence-corrected chi connectivity index (χ1v) is 9.55. The van der Waals surface area contributed by atoms with Crippen molar-refractivity contribution in [3.8, 4) is 5.75 Å². The monoisotopic (exact) mass is 364 g/mol. The summed E-state index contributed by atoms with van der Waals surface area (Å²) < 4.78 is 5.81. The summed E-state index contributed by atoms with van der Waals surface area (Å²) in [6, 6.07) is 15.7. The second-order valence-corrected chi connectivity index (χ2v) is 7.32. The van der Waals surface area contributed by atoms with E-state index >= 15 is 0 Å². The van der Waals surface area contributed by atoms with Crippen LogP contribution in [0.3, 0.4) is 0 Å². The zero-order chi connectivity index (χ0) is 19.4. The molecular formula is C23H28N2O2. The van der Waals surface area contributed by atoms with Crippen LogP contribution in [0.15, 0.2) is 61.2 Å². The summed E-state index contributed by atoms with van der Waals surface area (Å²) in [7, 11) is 0. The number of carbonyl (C=O) groups is 1. The number of nitrogens with one attached hydrogen (secondary N) is 1. The number of amides is 1. The molecule has 1 N–H and O–H groups in total. The average Bonchev–Trinajstić information content (AvgIpc) is 2.69. The van der Waals surface area contributed by atoms with Gasteiger partial charge >= 0.3 is 0 Å². The van der Waals surface area contributed by atoms with Crippen molar-refractivity contribution in [2.75, 3.05) is 18.5 Å². The second-order valence-electron chi connectivity index (χ2n) is 7.32. The maximum Gasteiger partial charge on any atom is 0.258 e. The van der Waals surface area contributed by atoms with Crippen molar-refractivity contribution < 1.29 is 9.53 Å². The minimum Gasteiger partial charge on any atom is -0.493 e. The van der Waals surface area contributed by atoms with Gasteiger partial charge in [0.05, 0.1) is 12.2 Å². The minimum atomic E-state index is -0.615. The molecule has 0 aliphatic carbocycles. The van der Waals surface area contributed by atoms with Crippen LogP contribution < -0.4 is 10.1 Å². The van der Waals surface area contributed by atoms with E-state index in [1.54, 1.807) is 6.08 Å². The number of hydrogen-bond acceptors (Lipinski definition) is 3. The fourth-order valence-electron chi connectivity index (χ4n) is 3.56. The molecule has 3 rings (SSSR count). The zero-order valence-electron chi connectivity index (χ0n) is 16.4. The Bertz CT molecular complexity index is 813. The molecule has 1 aliphatic rings. The third-order valence-electron chi connectivity index (χ3n) is 4.94. The summed E-state index contributed by atoms with van der Waals surface area (Å²) in [4.78, 5) is 15.1. The van der Waals surface area contributed by atoms with E-state index in [1.165, 1.54) is 0 Å². The molecular weight excluding hydrogens is 336 g/mol. The number of carbonyl (C=O) groups excluding carboxylic acids is 1. The number of nitrogens with zero attached hydrogens (tertiary/aromatic N) is 1. The average molecular weight is 364 g/mol. The SMILES string of the molecule is C=CCN1C(=O)c2ccccc2NC1(CC)c1ccc(OCC(C)C)cc1. The molecule has 1 atom stereocenters. The molecule has 0 saturated heterocycles. The summed E-state index contributed by atoms with van der Waals surface area (Å²) in [5, 5.41) is 3.63. The van der Waals surface area contributed by atoms with E-state index < -0.39 is 5.66 Å². The minimum absolute atomic E-state index is 0.0197. The molecule has 0 radical (unpaired) electrons. The summed E-state index contributed by atoms with van der Waals surface area (Å²) in [5.41, 5.74) is 1.98. The summed E-state index contributed by atoms with van der Waals surface area (Å²) >= 11 is 0. The largest absolute Gasteiger partial charge is 0.493 e. The smallest absolute Gasteiger partial charge is 0.258 e. The predicted octanol–water partition coefficient (Wildman–Crippen LogP) is 5.04. The maximum atomic E-state index is 13.2. The fraction of sp³-hybridized carbons (Fsp3) is 0.348. The van der Waals surface area contributed by atoms with E-state index in [1.807, 2.05) is 53.4 Å². The molecule has 0 fully saturated rings. The van der Waals surface area contributed by atoms with Crippen molar-refractivity contribution in [2.45, 2.75) is 32.9 Å². The Morgan fingerprint density at radius 3 is 2.52 bits per heavy atom. The van der Waals surface area contributed by atoms with Gasteiger partial charge in [-0.3, -0.25) is 4.79 Å². The molecule has 0 aromatic heterocycles. The van der Waals surface area contributed by atoms with Crippen LogP contribution >= 0.6 is 0 Å². The molecule has 1 unspecified atom stereocenters. The molecule has 0 saturated carbocycles. The lowest BCUT2D eigenvalue weighted by Gasteiger charge is -2.48. The van der Waals surface area contributed by atoms with Gasteiger partial charge in [-0.1, -0.05) is 51.1 Å². The topological polar surface area (TPSA) is 41.6 Å².